The van der Waals surface area contributed by atoms with Crippen molar-refractivity contribution in [2.24, 2.45) is 0 Å². The molecule has 0 aromatic heterocycles. The van der Waals surface area contributed by atoms with Crippen molar-refractivity contribution in [1.82, 2.24) is 15.1 Å². The number of amides is 1. The molecule has 0 radical (unpaired) electrons. The van der Waals surface area contributed by atoms with Gasteiger partial charge in [-0.15, -0.1) is 0 Å². The first-order chi connectivity index (χ1) is 15.2. The van der Waals surface area contributed by atoms with Crippen molar-refractivity contribution >= 4 is 5.91 Å². The quantitative estimate of drug-likeness (QED) is 0.585. The molecule has 4 nitrogen and oxygen atoms in total. The van der Waals surface area contributed by atoms with Crippen LogP contribution in [0.2, 0.25) is 0 Å². The van der Waals surface area contributed by atoms with Crippen LogP contribution in [-0.4, -0.2) is 40.9 Å². The molecule has 1 N–H and O–H groups in total. The van der Waals surface area contributed by atoms with Crippen molar-refractivity contribution in [3.8, 4) is 0 Å². The predicted molar refractivity (Wildman–Crippen MR) is 132 cm³/mol. The minimum atomic E-state index is -0.130. The van der Waals surface area contributed by atoms with Gasteiger partial charge in [0.15, 0.2) is 0 Å². The third-order valence-corrected chi connectivity index (χ3v) is 5.95. The Kier molecular flexibility index (Phi) is 10.2. The van der Waals surface area contributed by atoms with Gasteiger partial charge in [0.25, 0.3) is 0 Å². The van der Waals surface area contributed by atoms with Gasteiger partial charge in [-0.2, -0.15) is 0 Å². The van der Waals surface area contributed by atoms with Gasteiger partial charge in [0.05, 0.1) is 5.54 Å². The number of hydrogen-bond donors (Lipinski definition) is 1. The Morgan fingerprint density at radius 3 is 2.58 bits per heavy atom. The molecular weight excluding hydrogens is 382 g/mol. The van der Waals surface area contributed by atoms with E-state index in [1.54, 1.807) is 6.08 Å². The molecule has 0 aromatic rings. The predicted octanol–water partition coefficient (Wildman–Crippen LogP) is 5.62. The van der Waals surface area contributed by atoms with Crippen LogP contribution in [0.3, 0.4) is 0 Å². The normalized spacial score (nSPS) is 22.1. The Balaban J connectivity index is 0.00000166. The highest BCUT2D eigenvalue weighted by atomic mass is 16.2. The molecule has 0 bridgehead atoms. The fourth-order valence-electron chi connectivity index (χ4n) is 4.23. The molecule has 0 atom stereocenters. The second-order valence-corrected chi connectivity index (χ2v) is 7.79. The van der Waals surface area contributed by atoms with Gasteiger partial charge >= 0.3 is 0 Å². The van der Waals surface area contributed by atoms with Gasteiger partial charge in [0, 0.05) is 38.0 Å². The molecule has 3 heterocycles. The van der Waals surface area contributed by atoms with Gasteiger partial charge < -0.3 is 15.1 Å². The Hall–Kier alpha value is -2.75. The van der Waals surface area contributed by atoms with Gasteiger partial charge in [0.1, 0.15) is 0 Å². The van der Waals surface area contributed by atoms with E-state index >= 15 is 0 Å². The molecule has 168 valence electrons. The summed E-state index contributed by atoms with van der Waals surface area (Å²) >= 11 is 0. The maximum atomic E-state index is 12.8. The van der Waals surface area contributed by atoms with Crippen LogP contribution in [0.1, 0.15) is 52.4 Å². The molecule has 3 aliphatic rings. The molecule has 3 rings (SSSR count). The number of hydrogen-bond acceptors (Lipinski definition) is 3. The minimum absolute atomic E-state index is 0.130. The molecule has 0 saturated carbocycles. The van der Waals surface area contributed by atoms with Gasteiger partial charge in [-0.25, -0.2) is 0 Å². The first kappa shape index (κ1) is 24.5. The Bertz CT molecular complexity index is 761. The number of nitrogens with one attached hydrogen (secondary N) is 1. The van der Waals surface area contributed by atoms with Gasteiger partial charge in [0.2, 0.25) is 5.91 Å². The lowest BCUT2D eigenvalue weighted by molar-refractivity contribution is -0.132. The summed E-state index contributed by atoms with van der Waals surface area (Å²) in [7, 11) is 0. The van der Waals surface area contributed by atoms with Crippen LogP contribution < -0.4 is 5.32 Å². The summed E-state index contributed by atoms with van der Waals surface area (Å²) in [5.41, 5.74) is 2.23. The van der Waals surface area contributed by atoms with Crippen LogP contribution in [0, 0.1) is 0 Å². The molecule has 4 heteroatoms. The molecule has 0 aromatic carbocycles. The van der Waals surface area contributed by atoms with Gasteiger partial charge in [-0.1, -0.05) is 69.5 Å². The summed E-state index contributed by atoms with van der Waals surface area (Å²) in [4.78, 5) is 17.1. The van der Waals surface area contributed by atoms with E-state index in [0.717, 1.165) is 50.9 Å². The zero-order valence-corrected chi connectivity index (χ0v) is 19.4. The van der Waals surface area contributed by atoms with E-state index in [9.17, 15) is 4.79 Å². The number of likely N-dealkylation sites (tertiary alicyclic amines) is 1. The van der Waals surface area contributed by atoms with E-state index in [1.807, 2.05) is 30.9 Å². The highest BCUT2D eigenvalue weighted by Gasteiger charge is 2.40. The van der Waals surface area contributed by atoms with E-state index in [0.29, 0.717) is 12.8 Å². The topological polar surface area (TPSA) is 35.6 Å². The summed E-state index contributed by atoms with van der Waals surface area (Å²) < 4.78 is 0. The lowest BCUT2D eigenvalue weighted by Gasteiger charge is -2.47. The van der Waals surface area contributed by atoms with E-state index in [4.69, 9.17) is 0 Å². The Morgan fingerprint density at radius 2 is 1.87 bits per heavy atom. The molecule has 1 fully saturated rings. The number of carbonyl (C=O) groups is 1. The summed E-state index contributed by atoms with van der Waals surface area (Å²) in [6.45, 7) is 14.0. The van der Waals surface area contributed by atoms with Crippen LogP contribution in [0.15, 0.2) is 85.4 Å². The average Bonchev–Trinajstić information content (AvgIpc) is 2.83. The first-order valence-electron chi connectivity index (χ1n) is 11.6. The monoisotopic (exact) mass is 421 g/mol. The molecule has 0 aliphatic carbocycles. The highest BCUT2D eigenvalue weighted by molar-refractivity contribution is 5.76. The maximum Gasteiger partial charge on any atom is 0.222 e. The second-order valence-electron chi connectivity index (χ2n) is 7.79. The van der Waals surface area contributed by atoms with Crippen molar-refractivity contribution in [2.45, 2.75) is 57.9 Å². The van der Waals surface area contributed by atoms with Crippen molar-refractivity contribution in [2.75, 3.05) is 19.6 Å². The molecule has 1 amide bonds. The van der Waals surface area contributed by atoms with Crippen LogP contribution in [0.25, 0.3) is 0 Å². The molecular formula is C27H39N3O. The summed E-state index contributed by atoms with van der Waals surface area (Å²) in [5.74, 6) is 0.223. The third kappa shape index (κ3) is 6.61. The van der Waals surface area contributed by atoms with Crippen LogP contribution >= 0.6 is 0 Å². The number of fused-ring (bicyclic) bond motifs is 2. The number of carbonyl (C=O) groups excluding carboxylic acids is 1. The number of rotatable bonds is 5. The average molecular weight is 422 g/mol. The summed E-state index contributed by atoms with van der Waals surface area (Å²) in [5, 5.41) is 3.71. The first-order valence-corrected chi connectivity index (χ1v) is 11.6. The summed E-state index contributed by atoms with van der Waals surface area (Å²) in [6, 6.07) is 0. The van der Waals surface area contributed by atoms with Crippen LogP contribution in [-0.2, 0) is 4.79 Å². The zero-order chi connectivity index (χ0) is 22.5. The SMILES string of the molecule is C=C/C=C(\C=C)CCC(=O)N1CCC2(CC1)N/C=C/CC/C=C/N1CC=CC=C12.CC. The van der Waals surface area contributed by atoms with Crippen molar-refractivity contribution in [3.05, 3.63) is 85.4 Å². The zero-order valence-electron chi connectivity index (χ0n) is 19.4. The highest BCUT2D eigenvalue weighted by Crippen LogP contribution is 2.34. The largest absolute Gasteiger partial charge is 0.380 e. The third-order valence-electron chi connectivity index (χ3n) is 5.95. The second kappa shape index (κ2) is 12.8. The fraction of sp³-hybridized carbons (Fsp3) is 0.444. The number of piperidine rings is 1. The summed E-state index contributed by atoms with van der Waals surface area (Å²) in [6.07, 6.45) is 26.0. The number of allylic oxidation sites excluding steroid dienone is 8. The van der Waals surface area contributed by atoms with E-state index < -0.39 is 0 Å². The lowest BCUT2D eigenvalue weighted by Crippen LogP contribution is -2.56. The Labute approximate surface area is 189 Å². The van der Waals surface area contributed by atoms with Crippen molar-refractivity contribution < 1.29 is 4.79 Å². The van der Waals surface area contributed by atoms with Crippen LogP contribution in [0.5, 0.6) is 0 Å². The maximum absolute atomic E-state index is 12.8. The van der Waals surface area contributed by atoms with Gasteiger partial charge in [-0.3, -0.25) is 4.79 Å². The molecule has 1 saturated heterocycles. The van der Waals surface area contributed by atoms with E-state index in [1.165, 1.54) is 5.70 Å². The van der Waals surface area contributed by atoms with Crippen molar-refractivity contribution in [1.29, 1.82) is 0 Å². The molecule has 31 heavy (non-hydrogen) atoms. The smallest absolute Gasteiger partial charge is 0.222 e. The molecule has 3 aliphatic heterocycles. The minimum Gasteiger partial charge on any atom is -0.380 e. The van der Waals surface area contributed by atoms with Gasteiger partial charge in [-0.05, 0) is 50.0 Å². The number of nitrogens with zero attached hydrogens (tertiary/aromatic N) is 2. The standard InChI is InChI=1S/C25H33N3O.C2H6/c1-3-11-22(4-2)13-14-24(29)28-20-15-25(16-21-28)23-12-7-10-19-27(23)18-9-6-5-8-17-26-25;1-2/h3-4,7-12,17-18,26H,1-2,5-6,13-16,19-21H2;1-2H3/b17-8+,18-9+,22-11+;. The fourth-order valence-corrected chi connectivity index (χ4v) is 4.23. The van der Waals surface area contributed by atoms with Crippen LogP contribution in [0.4, 0.5) is 0 Å². The lowest BCUT2D eigenvalue weighted by atomic mass is 9.82. The molecule has 1 spiro atoms. The van der Waals surface area contributed by atoms with E-state index in [2.05, 4.69) is 66.2 Å². The Morgan fingerprint density at radius 1 is 1.13 bits per heavy atom. The molecule has 0 unspecified atom stereocenters. The van der Waals surface area contributed by atoms with E-state index in [-0.39, 0.29) is 11.4 Å². The van der Waals surface area contributed by atoms with Crippen molar-refractivity contribution in [3.63, 3.8) is 0 Å².